The maximum Gasteiger partial charge on any atom is 0.225 e. The van der Waals surface area contributed by atoms with E-state index < -0.39 is 0 Å². The van der Waals surface area contributed by atoms with Crippen LogP contribution in [0.3, 0.4) is 0 Å². The molecule has 3 fully saturated rings. The van der Waals surface area contributed by atoms with Gasteiger partial charge in [-0.15, -0.1) is 0 Å². The number of hydrogen-bond donors (Lipinski definition) is 0. The maximum atomic E-state index is 12.9. The molecule has 0 spiro atoms. The lowest BCUT2D eigenvalue weighted by Crippen LogP contribution is -2.51. The van der Waals surface area contributed by atoms with Crippen LogP contribution in [0.15, 0.2) is 24.3 Å². The van der Waals surface area contributed by atoms with Crippen LogP contribution >= 0.6 is 0 Å². The molecular weight excluding hydrogens is 338 g/mol. The second-order valence-corrected chi connectivity index (χ2v) is 8.46. The molecule has 1 saturated carbocycles. The van der Waals surface area contributed by atoms with E-state index in [1.807, 2.05) is 4.90 Å². The Kier molecular flexibility index (Phi) is 5.48. The summed E-state index contributed by atoms with van der Waals surface area (Å²) in [6.07, 6.45) is 3.79. The number of piperazine rings is 1. The first-order chi connectivity index (χ1) is 13.1. The molecule has 1 aromatic carbocycles. The van der Waals surface area contributed by atoms with E-state index in [4.69, 9.17) is 0 Å². The molecule has 0 aromatic heterocycles. The van der Waals surface area contributed by atoms with Gasteiger partial charge in [0.15, 0.2) is 0 Å². The Hall–Kier alpha value is -1.88. The van der Waals surface area contributed by atoms with Crippen molar-refractivity contribution >= 4 is 11.8 Å². The van der Waals surface area contributed by atoms with Crippen LogP contribution in [0.4, 0.5) is 0 Å². The molecule has 5 nitrogen and oxygen atoms in total. The summed E-state index contributed by atoms with van der Waals surface area (Å²) >= 11 is 0. The van der Waals surface area contributed by atoms with Crippen molar-refractivity contribution in [3.63, 3.8) is 0 Å². The van der Waals surface area contributed by atoms with Crippen molar-refractivity contribution in [2.45, 2.75) is 39.2 Å². The smallest absolute Gasteiger partial charge is 0.225 e. The van der Waals surface area contributed by atoms with Gasteiger partial charge in [-0.25, -0.2) is 0 Å². The van der Waals surface area contributed by atoms with Crippen LogP contribution in [0, 0.1) is 18.8 Å². The van der Waals surface area contributed by atoms with Crippen LogP contribution in [0.2, 0.25) is 0 Å². The lowest BCUT2D eigenvalue weighted by atomic mass is 9.94. The molecule has 0 N–H and O–H groups in total. The molecule has 27 heavy (non-hydrogen) atoms. The summed E-state index contributed by atoms with van der Waals surface area (Å²) in [5, 5.41) is 0. The van der Waals surface area contributed by atoms with E-state index in [0.717, 1.165) is 71.5 Å². The highest BCUT2D eigenvalue weighted by atomic mass is 16.2. The number of amides is 2. The van der Waals surface area contributed by atoms with Gasteiger partial charge in [-0.05, 0) is 38.2 Å². The van der Waals surface area contributed by atoms with Gasteiger partial charge < -0.3 is 9.80 Å². The van der Waals surface area contributed by atoms with Crippen LogP contribution in [0.25, 0.3) is 0 Å². The van der Waals surface area contributed by atoms with E-state index >= 15 is 0 Å². The fourth-order valence-electron chi connectivity index (χ4n) is 4.39. The summed E-state index contributed by atoms with van der Waals surface area (Å²) in [4.78, 5) is 31.5. The van der Waals surface area contributed by atoms with Crippen molar-refractivity contribution in [3.8, 4) is 0 Å². The summed E-state index contributed by atoms with van der Waals surface area (Å²) in [7, 11) is 0. The predicted molar refractivity (Wildman–Crippen MR) is 105 cm³/mol. The molecule has 2 saturated heterocycles. The number of rotatable bonds is 4. The van der Waals surface area contributed by atoms with Gasteiger partial charge in [0.1, 0.15) is 0 Å². The number of carbonyl (C=O) groups is 2. The molecule has 5 heteroatoms. The van der Waals surface area contributed by atoms with Gasteiger partial charge in [0.05, 0.1) is 0 Å². The third-order valence-electron chi connectivity index (χ3n) is 6.26. The zero-order valence-corrected chi connectivity index (χ0v) is 16.4. The normalized spacial score (nSPS) is 22.1. The number of benzene rings is 1. The molecule has 1 aliphatic carbocycles. The van der Waals surface area contributed by atoms with E-state index in [9.17, 15) is 9.59 Å². The SMILES string of the molecule is Cc1cccc(CN2CCN(C(=O)C3CCN(C(=O)C4CC4)CC3)CC2)c1. The van der Waals surface area contributed by atoms with E-state index in [2.05, 4.69) is 41.0 Å². The topological polar surface area (TPSA) is 43.9 Å². The summed E-state index contributed by atoms with van der Waals surface area (Å²) in [6, 6.07) is 8.67. The zero-order valence-electron chi connectivity index (χ0n) is 16.4. The van der Waals surface area contributed by atoms with E-state index in [1.165, 1.54) is 11.1 Å². The number of piperidine rings is 1. The Bertz CT molecular complexity index is 685. The van der Waals surface area contributed by atoms with Gasteiger partial charge in [-0.3, -0.25) is 14.5 Å². The number of likely N-dealkylation sites (tertiary alicyclic amines) is 1. The molecule has 0 radical (unpaired) electrons. The van der Waals surface area contributed by atoms with Crippen molar-refractivity contribution in [3.05, 3.63) is 35.4 Å². The highest BCUT2D eigenvalue weighted by Crippen LogP contribution is 2.32. The maximum absolute atomic E-state index is 12.9. The minimum atomic E-state index is 0.108. The van der Waals surface area contributed by atoms with Gasteiger partial charge >= 0.3 is 0 Å². The minimum Gasteiger partial charge on any atom is -0.342 e. The largest absolute Gasteiger partial charge is 0.342 e. The number of carbonyl (C=O) groups excluding carboxylic acids is 2. The molecular formula is C22H31N3O2. The number of aryl methyl sites for hydroxylation is 1. The van der Waals surface area contributed by atoms with E-state index in [-0.39, 0.29) is 5.92 Å². The Balaban J connectivity index is 1.22. The Morgan fingerprint density at radius 2 is 1.44 bits per heavy atom. The number of hydrogen-bond acceptors (Lipinski definition) is 3. The van der Waals surface area contributed by atoms with Crippen molar-refractivity contribution < 1.29 is 9.59 Å². The second-order valence-electron chi connectivity index (χ2n) is 8.46. The van der Waals surface area contributed by atoms with Crippen LogP contribution in [-0.2, 0) is 16.1 Å². The lowest BCUT2D eigenvalue weighted by molar-refractivity contribution is -0.142. The molecule has 0 atom stereocenters. The summed E-state index contributed by atoms with van der Waals surface area (Å²) in [5.74, 6) is 1.03. The highest BCUT2D eigenvalue weighted by Gasteiger charge is 2.37. The third kappa shape index (κ3) is 4.52. The van der Waals surface area contributed by atoms with Crippen LogP contribution in [-0.4, -0.2) is 65.8 Å². The average molecular weight is 370 g/mol. The van der Waals surface area contributed by atoms with Gasteiger partial charge in [0, 0.05) is 57.6 Å². The van der Waals surface area contributed by atoms with Crippen molar-refractivity contribution in [1.29, 1.82) is 0 Å². The minimum absolute atomic E-state index is 0.108. The highest BCUT2D eigenvalue weighted by molar-refractivity contribution is 5.82. The van der Waals surface area contributed by atoms with Gasteiger partial charge in [0.25, 0.3) is 0 Å². The van der Waals surface area contributed by atoms with Crippen molar-refractivity contribution in [2.75, 3.05) is 39.3 Å². The molecule has 2 heterocycles. The molecule has 4 rings (SSSR count). The first-order valence-electron chi connectivity index (χ1n) is 10.5. The van der Waals surface area contributed by atoms with Crippen molar-refractivity contribution in [1.82, 2.24) is 14.7 Å². The van der Waals surface area contributed by atoms with Crippen LogP contribution in [0.5, 0.6) is 0 Å². The molecule has 2 aliphatic heterocycles. The van der Waals surface area contributed by atoms with E-state index in [0.29, 0.717) is 17.7 Å². The third-order valence-corrected chi connectivity index (χ3v) is 6.26. The molecule has 0 unspecified atom stereocenters. The monoisotopic (exact) mass is 369 g/mol. The van der Waals surface area contributed by atoms with Crippen molar-refractivity contribution in [2.24, 2.45) is 11.8 Å². The fraction of sp³-hybridized carbons (Fsp3) is 0.636. The standard InChI is InChI=1S/C22H31N3O2/c1-17-3-2-4-18(15-17)16-23-11-13-25(14-12-23)22(27)20-7-9-24(10-8-20)21(26)19-5-6-19/h2-4,15,19-20H,5-14,16H2,1H3. The molecule has 146 valence electrons. The predicted octanol–water partition coefficient (Wildman–Crippen LogP) is 2.29. The van der Waals surface area contributed by atoms with E-state index in [1.54, 1.807) is 0 Å². The quantitative estimate of drug-likeness (QED) is 0.818. The summed E-state index contributed by atoms with van der Waals surface area (Å²) < 4.78 is 0. The molecule has 2 amide bonds. The second kappa shape index (κ2) is 8.01. The molecule has 0 bridgehead atoms. The van der Waals surface area contributed by atoms with Gasteiger partial charge in [0.2, 0.25) is 11.8 Å². The molecule has 3 aliphatic rings. The first-order valence-corrected chi connectivity index (χ1v) is 10.5. The van der Waals surface area contributed by atoms with Gasteiger partial charge in [-0.2, -0.15) is 0 Å². The lowest BCUT2D eigenvalue weighted by Gasteiger charge is -2.38. The van der Waals surface area contributed by atoms with Crippen LogP contribution in [0.1, 0.15) is 36.8 Å². The van der Waals surface area contributed by atoms with Gasteiger partial charge in [-0.1, -0.05) is 29.8 Å². The summed E-state index contributed by atoms with van der Waals surface area (Å²) in [5.41, 5.74) is 2.65. The first kappa shape index (κ1) is 18.5. The average Bonchev–Trinajstić information content (AvgIpc) is 3.53. The summed E-state index contributed by atoms with van der Waals surface area (Å²) in [6.45, 7) is 8.16. The Labute approximate surface area is 162 Å². The Morgan fingerprint density at radius 1 is 0.852 bits per heavy atom. The van der Waals surface area contributed by atoms with Crippen LogP contribution < -0.4 is 0 Å². The zero-order chi connectivity index (χ0) is 18.8. The molecule has 1 aromatic rings. The Morgan fingerprint density at radius 3 is 2.04 bits per heavy atom. The fourth-order valence-corrected chi connectivity index (χ4v) is 4.39. The number of nitrogens with zero attached hydrogens (tertiary/aromatic N) is 3.